The number of para-hydroxylation sites is 1. The fourth-order valence-electron chi connectivity index (χ4n) is 12.4. The average molecular weight is 832 g/mol. The molecule has 3 nitrogen and oxygen atoms in total. The van der Waals surface area contributed by atoms with Crippen molar-refractivity contribution in [3.63, 3.8) is 0 Å². The maximum atomic E-state index is 7.14. The highest BCUT2D eigenvalue weighted by atomic mass is 16.6. The number of allylic oxidation sites excluding steroid dienone is 4. The van der Waals surface area contributed by atoms with Gasteiger partial charge in [-0.1, -0.05) is 188 Å². The van der Waals surface area contributed by atoms with E-state index in [-0.39, 0.29) is 0 Å². The van der Waals surface area contributed by atoms with Gasteiger partial charge in [0.2, 0.25) is 0 Å². The lowest BCUT2D eigenvalue weighted by molar-refractivity contribution is 0.360. The van der Waals surface area contributed by atoms with Gasteiger partial charge in [-0.25, -0.2) is 0 Å². The van der Waals surface area contributed by atoms with Gasteiger partial charge in [0.25, 0.3) is 0 Å². The smallest absolute Gasteiger partial charge is 0.178 e. The van der Waals surface area contributed by atoms with Gasteiger partial charge in [-0.05, 0) is 104 Å². The van der Waals surface area contributed by atoms with Crippen molar-refractivity contribution in [3.8, 4) is 45.3 Å². The van der Waals surface area contributed by atoms with Crippen LogP contribution in [0.25, 0.3) is 22.3 Å². The lowest BCUT2D eigenvalue weighted by atomic mass is 9.67. The van der Waals surface area contributed by atoms with Crippen LogP contribution in [0, 0.1) is 0 Å². The van der Waals surface area contributed by atoms with Crippen LogP contribution in [0.4, 0.5) is 17.1 Å². The number of hydrogen-bond acceptors (Lipinski definition) is 3. The predicted molar refractivity (Wildman–Crippen MR) is 261 cm³/mol. The van der Waals surface area contributed by atoms with E-state index in [4.69, 9.17) is 9.47 Å². The molecule has 1 heterocycles. The van der Waals surface area contributed by atoms with Crippen LogP contribution in [0.3, 0.4) is 0 Å². The summed E-state index contributed by atoms with van der Waals surface area (Å²) in [5.41, 5.74) is 18.6. The Morgan fingerprint density at radius 3 is 1.85 bits per heavy atom. The Kier molecular flexibility index (Phi) is 7.65. The minimum absolute atomic E-state index is 0.334. The Morgan fingerprint density at radius 1 is 0.446 bits per heavy atom. The van der Waals surface area contributed by atoms with Crippen molar-refractivity contribution in [2.75, 3.05) is 4.90 Å². The number of rotatable bonds is 5. The summed E-state index contributed by atoms with van der Waals surface area (Å²) in [5.74, 6) is 3.19. The predicted octanol–water partition coefficient (Wildman–Crippen LogP) is 15.7. The second-order valence-corrected chi connectivity index (χ2v) is 17.8. The molecule has 0 fully saturated rings. The third kappa shape index (κ3) is 4.79. The second-order valence-electron chi connectivity index (χ2n) is 17.8. The summed E-state index contributed by atoms with van der Waals surface area (Å²) in [6.07, 6.45) is 7.93. The van der Waals surface area contributed by atoms with Crippen LogP contribution in [0.2, 0.25) is 0 Å². The monoisotopic (exact) mass is 831 g/mol. The molecular weight excluding hydrogens is 791 g/mol. The molecule has 0 N–H and O–H groups in total. The maximum Gasteiger partial charge on any atom is 0.178 e. The molecule has 5 aliphatic rings. The number of nitrogens with zero attached hydrogens (tertiary/aromatic N) is 1. The summed E-state index contributed by atoms with van der Waals surface area (Å²) in [5, 5.41) is 0. The van der Waals surface area contributed by atoms with E-state index in [2.05, 4.69) is 235 Å². The number of anilines is 3. The van der Waals surface area contributed by atoms with Crippen molar-refractivity contribution in [1.82, 2.24) is 0 Å². The molecule has 0 aromatic heterocycles. The molecule has 14 rings (SSSR count). The Bertz CT molecular complexity index is 3440. The highest BCUT2D eigenvalue weighted by Crippen LogP contribution is 2.68. The zero-order chi connectivity index (χ0) is 42.7. The third-order valence-electron chi connectivity index (χ3n) is 14.8. The second kappa shape index (κ2) is 13.7. The first-order valence-corrected chi connectivity index (χ1v) is 22.7. The maximum absolute atomic E-state index is 7.14. The first-order chi connectivity index (χ1) is 32.3. The zero-order valence-electron chi connectivity index (χ0n) is 35.5. The van der Waals surface area contributed by atoms with E-state index >= 15 is 0 Å². The quantitative estimate of drug-likeness (QED) is 0.172. The van der Waals surface area contributed by atoms with E-state index in [1.54, 1.807) is 0 Å². The van der Waals surface area contributed by atoms with E-state index in [1.807, 2.05) is 0 Å². The number of benzene rings is 9. The van der Waals surface area contributed by atoms with Crippen LogP contribution in [0.1, 0.15) is 56.8 Å². The van der Waals surface area contributed by atoms with E-state index in [1.165, 1.54) is 66.8 Å². The van der Waals surface area contributed by atoms with Gasteiger partial charge in [0, 0.05) is 28.8 Å². The van der Waals surface area contributed by atoms with Gasteiger partial charge in [0.1, 0.15) is 0 Å². The molecule has 2 atom stereocenters. The van der Waals surface area contributed by atoms with Gasteiger partial charge in [0.05, 0.1) is 22.2 Å². The Labute approximate surface area is 378 Å². The molecule has 1 spiro atoms. The minimum atomic E-state index is -0.595. The molecular formula is C62H41NO2. The van der Waals surface area contributed by atoms with E-state index in [0.717, 1.165) is 40.5 Å². The van der Waals surface area contributed by atoms with Gasteiger partial charge in [-0.2, -0.15) is 0 Å². The van der Waals surface area contributed by atoms with Crippen LogP contribution >= 0.6 is 0 Å². The molecule has 0 saturated heterocycles. The van der Waals surface area contributed by atoms with E-state index in [0.29, 0.717) is 17.4 Å². The molecule has 306 valence electrons. The first kappa shape index (κ1) is 36.4. The van der Waals surface area contributed by atoms with Crippen molar-refractivity contribution in [2.24, 2.45) is 0 Å². The zero-order valence-corrected chi connectivity index (χ0v) is 35.5. The number of fused-ring (bicyclic) bond motifs is 16. The summed E-state index contributed by atoms with van der Waals surface area (Å²) in [7, 11) is 0. The highest BCUT2D eigenvalue weighted by Gasteiger charge is 2.56. The number of hydrogen-bond donors (Lipinski definition) is 0. The molecule has 0 amide bonds. The van der Waals surface area contributed by atoms with Crippen LogP contribution in [-0.2, 0) is 10.8 Å². The molecule has 0 saturated carbocycles. The number of ether oxygens (including phenoxy) is 2. The molecule has 3 heteroatoms. The van der Waals surface area contributed by atoms with Gasteiger partial charge >= 0.3 is 0 Å². The van der Waals surface area contributed by atoms with Crippen molar-refractivity contribution < 1.29 is 9.47 Å². The van der Waals surface area contributed by atoms with Gasteiger partial charge in [-0.3, -0.25) is 0 Å². The van der Waals surface area contributed by atoms with Crippen molar-refractivity contribution in [1.29, 1.82) is 0 Å². The Hall–Kier alpha value is -8.14. The lowest BCUT2D eigenvalue weighted by Crippen LogP contribution is -2.30. The molecule has 0 radical (unpaired) electrons. The minimum Gasteiger partial charge on any atom is -0.449 e. The summed E-state index contributed by atoms with van der Waals surface area (Å²) >= 11 is 0. The van der Waals surface area contributed by atoms with Crippen LogP contribution < -0.4 is 14.4 Å². The largest absolute Gasteiger partial charge is 0.449 e. The summed E-state index contributed by atoms with van der Waals surface area (Å²) < 4.78 is 14.2. The van der Waals surface area contributed by atoms with Crippen molar-refractivity contribution in [3.05, 3.63) is 281 Å². The van der Waals surface area contributed by atoms with Crippen LogP contribution in [-0.4, -0.2) is 0 Å². The molecule has 9 aromatic carbocycles. The van der Waals surface area contributed by atoms with Gasteiger partial charge < -0.3 is 14.4 Å². The summed E-state index contributed by atoms with van der Waals surface area (Å²) in [4.78, 5) is 2.40. The molecule has 0 bridgehead atoms. The first-order valence-electron chi connectivity index (χ1n) is 22.7. The van der Waals surface area contributed by atoms with Crippen molar-refractivity contribution in [2.45, 2.75) is 23.2 Å². The van der Waals surface area contributed by atoms with Gasteiger partial charge in [0.15, 0.2) is 23.0 Å². The third-order valence-corrected chi connectivity index (χ3v) is 14.8. The summed E-state index contributed by atoms with van der Waals surface area (Å²) in [6.45, 7) is 0. The Morgan fingerprint density at radius 2 is 1.08 bits per heavy atom. The SMILES string of the molecule is C1=CCC2C(=C1)C1(c3ccccc3-c3c1ccc1c3Oc3ccc(N(c4ccccc4)c4cccc5c4C(c4ccccc4)(c4ccccc4)c4ccccc4-5)cc3O1)c1ccccc12. The van der Waals surface area contributed by atoms with E-state index in [9.17, 15) is 0 Å². The van der Waals surface area contributed by atoms with Gasteiger partial charge in [-0.15, -0.1) is 0 Å². The average Bonchev–Trinajstić information content (AvgIpc) is 3.98. The molecule has 1 aliphatic heterocycles. The van der Waals surface area contributed by atoms with Crippen LogP contribution in [0.15, 0.2) is 236 Å². The topological polar surface area (TPSA) is 21.7 Å². The molecule has 65 heavy (non-hydrogen) atoms. The summed E-state index contributed by atoms with van der Waals surface area (Å²) in [6, 6.07) is 77.3. The molecule has 2 unspecified atom stereocenters. The van der Waals surface area contributed by atoms with Crippen LogP contribution in [0.5, 0.6) is 23.0 Å². The highest BCUT2D eigenvalue weighted by molar-refractivity contribution is 5.96. The molecule has 9 aromatic rings. The standard InChI is InChI=1S/C62H41NO2/c1-4-19-40(20-5-1)61(41-21-6-2-7-22-41)49-30-14-12-27-46(49)47-29-18-34-54(59(47)61)63(42-23-8-3-9-24-42)43-35-37-55-57(39-43)64-56-38-36-53-58(60(56)65-55)48-28-13-17-33-52(48)62(53)50-31-15-10-25-44(50)45-26-11-16-32-51(45)62/h1-25,27-39,45H,26H2. The lowest BCUT2D eigenvalue weighted by Gasteiger charge is -2.38. The fourth-order valence-corrected chi connectivity index (χ4v) is 12.4. The van der Waals surface area contributed by atoms with E-state index < -0.39 is 10.8 Å². The Balaban J connectivity index is 0.947. The van der Waals surface area contributed by atoms with Crippen molar-refractivity contribution >= 4 is 17.1 Å². The normalized spacial score (nSPS) is 18.1. The fraction of sp³-hybridized carbons (Fsp3) is 0.0645. The molecule has 4 aliphatic carbocycles.